The smallest absolute Gasteiger partial charge is 0.255 e. The van der Waals surface area contributed by atoms with Gasteiger partial charge in [-0.3, -0.25) is 4.79 Å². The van der Waals surface area contributed by atoms with Gasteiger partial charge in [0.1, 0.15) is 5.75 Å². The summed E-state index contributed by atoms with van der Waals surface area (Å²) in [6.07, 6.45) is 0. The number of anilines is 1. The maximum absolute atomic E-state index is 12.0. The molecule has 0 spiro atoms. The highest BCUT2D eigenvalue weighted by Crippen LogP contribution is 2.21. The van der Waals surface area contributed by atoms with E-state index in [4.69, 9.17) is 0 Å². The van der Waals surface area contributed by atoms with Crippen LogP contribution in [0, 0.1) is 17.4 Å². The monoisotopic (exact) mass is 367 g/mol. The van der Waals surface area contributed by atoms with E-state index in [2.05, 4.69) is 5.32 Å². The topological polar surface area (TPSA) is 49.3 Å². The molecule has 98 valence electrons. The fraction of sp³-hybridized carbons (Fsp3) is 0.133. The maximum atomic E-state index is 12.0. The van der Waals surface area contributed by atoms with Crippen LogP contribution in [0.25, 0.3) is 0 Å². The highest BCUT2D eigenvalue weighted by molar-refractivity contribution is 14.1. The third-order valence-electron chi connectivity index (χ3n) is 2.97. The molecule has 1 amide bonds. The Morgan fingerprint density at radius 1 is 1.11 bits per heavy atom. The first-order valence-electron chi connectivity index (χ1n) is 5.84. The second-order valence-electron chi connectivity index (χ2n) is 4.42. The molecule has 2 aromatic carbocycles. The first kappa shape index (κ1) is 13.9. The average molecular weight is 367 g/mol. The minimum absolute atomic E-state index is 0.119. The van der Waals surface area contributed by atoms with Gasteiger partial charge in [0, 0.05) is 11.3 Å². The van der Waals surface area contributed by atoms with Crippen molar-refractivity contribution in [2.24, 2.45) is 0 Å². The first-order chi connectivity index (χ1) is 8.97. The molecule has 0 aliphatic heterocycles. The molecule has 0 radical (unpaired) electrons. The van der Waals surface area contributed by atoms with Crippen LogP contribution < -0.4 is 5.32 Å². The van der Waals surface area contributed by atoms with Gasteiger partial charge in [-0.1, -0.05) is 6.07 Å². The molecular weight excluding hydrogens is 353 g/mol. The van der Waals surface area contributed by atoms with Crippen LogP contribution in [-0.4, -0.2) is 11.0 Å². The zero-order valence-corrected chi connectivity index (χ0v) is 12.9. The van der Waals surface area contributed by atoms with Gasteiger partial charge in [0.15, 0.2) is 0 Å². The zero-order chi connectivity index (χ0) is 14.0. The highest BCUT2D eigenvalue weighted by Gasteiger charge is 2.09. The highest BCUT2D eigenvalue weighted by atomic mass is 127. The predicted molar refractivity (Wildman–Crippen MR) is 84.7 cm³/mol. The van der Waals surface area contributed by atoms with Gasteiger partial charge in [0.05, 0.1) is 3.57 Å². The lowest BCUT2D eigenvalue weighted by Crippen LogP contribution is -2.12. The number of phenolic OH excluding ortho intramolecular Hbond substituents is 1. The van der Waals surface area contributed by atoms with E-state index >= 15 is 0 Å². The zero-order valence-electron chi connectivity index (χ0n) is 10.7. The van der Waals surface area contributed by atoms with Crippen LogP contribution in [0.15, 0.2) is 36.4 Å². The van der Waals surface area contributed by atoms with E-state index < -0.39 is 0 Å². The Morgan fingerprint density at radius 2 is 1.84 bits per heavy atom. The summed E-state index contributed by atoms with van der Waals surface area (Å²) < 4.78 is 0.723. The summed E-state index contributed by atoms with van der Waals surface area (Å²) in [5, 5.41) is 12.4. The summed E-state index contributed by atoms with van der Waals surface area (Å²) >= 11 is 2.01. The summed E-state index contributed by atoms with van der Waals surface area (Å²) in [5.74, 6) is -0.108. The summed E-state index contributed by atoms with van der Waals surface area (Å²) in [6.45, 7) is 4.03. The summed E-state index contributed by atoms with van der Waals surface area (Å²) in [7, 11) is 0. The lowest BCUT2D eigenvalue weighted by molar-refractivity contribution is 0.102. The van der Waals surface area contributed by atoms with Gasteiger partial charge in [0.2, 0.25) is 0 Å². The molecule has 0 aliphatic rings. The molecule has 2 rings (SSSR count). The number of hydrogen-bond donors (Lipinski definition) is 2. The van der Waals surface area contributed by atoms with Crippen molar-refractivity contribution in [2.45, 2.75) is 13.8 Å². The number of rotatable bonds is 2. The van der Waals surface area contributed by atoms with Gasteiger partial charge < -0.3 is 10.4 Å². The number of benzene rings is 2. The molecule has 4 heteroatoms. The maximum Gasteiger partial charge on any atom is 0.255 e. The summed E-state index contributed by atoms with van der Waals surface area (Å²) in [4.78, 5) is 12.0. The number of nitrogens with one attached hydrogen (secondary N) is 1. The average Bonchev–Trinajstić information content (AvgIpc) is 2.37. The molecule has 0 saturated carbocycles. The summed E-state index contributed by atoms with van der Waals surface area (Å²) in [5.41, 5.74) is 3.51. The number of phenols is 1. The fourth-order valence-corrected chi connectivity index (χ4v) is 2.01. The quantitative estimate of drug-likeness (QED) is 0.792. The Labute approximate surface area is 125 Å². The second-order valence-corrected chi connectivity index (χ2v) is 5.58. The minimum Gasteiger partial charge on any atom is -0.507 e. The van der Waals surface area contributed by atoms with Crippen molar-refractivity contribution in [3.8, 4) is 5.75 Å². The summed E-state index contributed by atoms with van der Waals surface area (Å²) in [6, 6.07) is 10.6. The number of aromatic hydroxyl groups is 1. The number of hydrogen-bond acceptors (Lipinski definition) is 2. The Balaban J connectivity index is 2.20. The Hall–Kier alpha value is -1.56. The van der Waals surface area contributed by atoms with E-state index in [1.807, 2.05) is 54.6 Å². The van der Waals surface area contributed by atoms with E-state index in [9.17, 15) is 9.90 Å². The molecular formula is C15H14INO2. The molecule has 0 fully saturated rings. The number of halogens is 1. The molecule has 0 aliphatic carbocycles. The molecule has 2 aromatic rings. The number of aryl methyl sites for hydroxylation is 2. The van der Waals surface area contributed by atoms with E-state index in [0.29, 0.717) is 5.56 Å². The predicted octanol–water partition coefficient (Wildman–Crippen LogP) is 3.87. The van der Waals surface area contributed by atoms with Crippen molar-refractivity contribution in [1.29, 1.82) is 0 Å². The minimum atomic E-state index is -0.227. The first-order valence-corrected chi connectivity index (χ1v) is 6.92. The SMILES string of the molecule is Cc1ccc(NC(=O)c2ccc(I)c(O)c2)cc1C. The number of amides is 1. The van der Waals surface area contributed by atoms with Crippen LogP contribution in [0.3, 0.4) is 0 Å². The third kappa shape index (κ3) is 3.26. The fourth-order valence-electron chi connectivity index (χ4n) is 1.68. The van der Waals surface area contributed by atoms with Gasteiger partial charge >= 0.3 is 0 Å². The molecule has 2 N–H and O–H groups in total. The van der Waals surface area contributed by atoms with Crippen molar-refractivity contribution in [3.05, 3.63) is 56.7 Å². The molecule has 3 nitrogen and oxygen atoms in total. The Bertz CT molecular complexity index is 638. The van der Waals surface area contributed by atoms with Crippen LogP contribution in [0.2, 0.25) is 0 Å². The third-order valence-corrected chi connectivity index (χ3v) is 3.89. The molecule has 0 bridgehead atoms. The van der Waals surface area contributed by atoms with Gasteiger partial charge in [-0.15, -0.1) is 0 Å². The molecule has 0 unspecified atom stereocenters. The number of carbonyl (C=O) groups is 1. The van der Waals surface area contributed by atoms with Crippen LogP contribution >= 0.6 is 22.6 Å². The Kier molecular flexibility index (Phi) is 4.09. The van der Waals surface area contributed by atoms with E-state index in [-0.39, 0.29) is 11.7 Å². The van der Waals surface area contributed by atoms with Crippen molar-refractivity contribution in [3.63, 3.8) is 0 Å². The molecule has 0 saturated heterocycles. The van der Waals surface area contributed by atoms with E-state index in [1.165, 1.54) is 11.6 Å². The van der Waals surface area contributed by atoms with Crippen LogP contribution in [0.5, 0.6) is 5.75 Å². The lowest BCUT2D eigenvalue weighted by atomic mass is 10.1. The number of carbonyl (C=O) groups excluding carboxylic acids is 1. The van der Waals surface area contributed by atoms with Crippen molar-refractivity contribution >= 4 is 34.2 Å². The van der Waals surface area contributed by atoms with Gasteiger partial charge in [0.25, 0.3) is 5.91 Å². The molecule has 0 aromatic heterocycles. The largest absolute Gasteiger partial charge is 0.507 e. The standard InChI is InChI=1S/C15H14INO2/c1-9-3-5-12(7-10(9)2)17-15(19)11-4-6-13(16)14(18)8-11/h3-8,18H,1-2H3,(H,17,19). The van der Waals surface area contributed by atoms with Crippen LogP contribution in [0.4, 0.5) is 5.69 Å². The van der Waals surface area contributed by atoms with Crippen LogP contribution in [0.1, 0.15) is 21.5 Å². The van der Waals surface area contributed by atoms with Gasteiger partial charge in [-0.25, -0.2) is 0 Å². The van der Waals surface area contributed by atoms with Crippen LogP contribution in [-0.2, 0) is 0 Å². The van der Waals surface area contributed by atoms with Crippen molar-refractivity contribution in [2.75, 3.05) is 5.32 Å². The second kappa shape index (κ2) is 5.61. The molecule has 19 heavy (non-hydrogen) atoms. The van der Waals surface area contributed by atoms with Gasteiger partial charge in [-0.2, -0.15) is 0 Å². The van der Waals surface area contributed by atoms with Gasteiger partial charge in [-0.05, 0) is 77.9 Å². The normalized spacial score (nSPS) is 10.3. The molecule has 0 heterocycles. The lowest BCUT2D eigenvalue weighted by Gasteiger charge is -2.08. The molecule has 0 atom stereocenters. The Morgan fingerprint density at radius 3 is 2.47 bits per heavy atom. The van der Waals surface area contributed by atoms with Crippen molar-refractivity contribution < 1.29 is 9.90 Å². The van der Waals surface area contributed by atoms with E-state index in [1.54, 1.807) is 12.1 Å². The van der Waals surface area contributed by atoms with E-state index in [0.717, 1.165) is 14.8 Å². The van der Waals surface area contributed by atoms with Crippen molar-refractivity contribution in [1.82, 2.24) is 0 Å².